The lowest BCUT2D eigenvalue weighted by molar-refractivity contribution is -0.123. The van der Waals surface area contributed by atoms with E-state index in [0.717, 1.165) is 30.0 Å². The molecule has 3 heterocycles. The SMILES string of the molecule is C=Cn1nc(-c2c[nH]c(=O)[nH]c2=O)cc([C@H]2C[C@@H]2c2ccc3c(c2)N(CC(C)(F)F)C(=O)C3(C)C)c1=NC.CC. The first-order valence-electron chi connectivity index (χ1n) is 13.2. The number of rotatable bonds is 6. The van der Waals surface area contributed by atoms with E-state index in [4.69, 9.17) is 0 Å². The number of halogens is 2. The van der Waals surface area contributed by atoms with Crippen molar-refractivity contribution in [1.82, 2.24) is 19.7 Å². The third-order valence-corrected chi connectivity index (χ3v) is 7.28. The van der Waals surface area contributed by atoms with Crippen LogP contribution < -0.4 is 21.6 Å². The van der Waals surface area contributed by atoms with Crippen LogP contribution in [0.3, 0.4) is 0 Å². The number of hydrogen-bond acceptors (Lipinski definition) is 5. The fourth-order valence-electron chi connectivity index (χ4n) is 5.33. The van der Waals surface area contributed by atoms with Crippen LogP contribution in [0.15, 0.2) is 51.6 Å². The first-order valence-corrected chi connectivity index (χ1v) is 13.2. The van der Waals surface area contributed by atoms with Gasteiger partial charge >= 0.3 is 5.69 Å². The van der Waals surface area contributed by atoms with Crippen LogP contribution in [-0.2, 0) is 10.2 Å². The highest BCUT2D eigenvalue weighted by molar-refractivity contribution is 6.07. The topological polar surface area (TPSA) is 116 Å². The number of alkyl halides is 2. The number of amides is 1. The minimum Gasteiger partial charge on any atom is -0.313 e. The van der Waals surface area contributed by atoms with E-state index in [1.54, 1.807) is 27.0 Å². The molecule has 1 aliphatic heterocycles. The first kappa shape index (κ1) is 28.8. The monoisotopic (exact) mass is 552 g/mol. The van der Waals surface area contributed by atoms with Gasteiger partial charge in [0.2, 0.25) is 5.91 Å². The van der Waals surface area contributed by atoms with Crippen LogP contribution >= 0.6 is 0 Å². The third kappa shape index (κ3) is 5.07. The van der Waals surface area contributed by atoms with Gasteiger partial charge in [0.25, 0.3) is 11.5 Å². The molecule has 1 amide bonds. The minimum absolute atomic E-state index is 0.00715. The molecule has 0 spiro atoms. The van der Waals surface area contributed by atoms with E-state index < -0.39 is 29.1 Å². The second kappa shape index (κ2) is 10.4. The van der Waals surface area contributed by atoms with Crippen molar-refractivity contribution >= 4 is 17.8 Å². The Bertz CT molecular complexity index is 1660. The number of carbonyl (C=O) groups excluding carboxylic acids is 1. The summed E-state index contributed by atoms with van der Waals surface area (Å²) in [4.78, 5) is 47.2. The summed E-state index contributed by atoms with van der Waals surface area (Å²) < 4.78 is 29.4. The number of H-pyrrole nitrogens is 2. The van der Waals surface area contributed by atoms with Crippen molar-refractivity contribution in [2.45, 2.75) is 64.2 Å². The van der Waals surface area contributed by atoms with Crippen molar-refractivity contribution in [3.63, 3.8) is 0 Å². The molecule has 0 radical (unpaired) electrons. The first-order chi connectivity index (χ1) is 18.9. The van der Waals surface area contributed by atoms with Gasteiger partial charge in [-0.05, 0) is 55.4 Å². The average Bonchev–Trinajstić information content (AvgIpc) is 3.69. The maximum atomic E-state index is 14.0. The highest BCUT2D eigenvalue weighted by atomic mass is 19.3. The summed E-state index contributed by atoms with van der Waals surface area (Å²) in [6.45, 7) is 11.4. The van der Waals surface area contributed by atoms with Gasteiger partial charge in [-0.25, -0.2) is 18.3 Å². The van der Waals surface area contributed by atoms with Gasteiger partial charge in [-0.2, -0.15) is 5.10 Å². The number of anilines is 1. The molecular formula is C29H34F2N6O3. The molecule has 1 fully saturated rings. The minimum atomic E-state index is -3.03. The molecule has 0 saturated heterocycles. The summed E-state index contributed by atoms with van der Waals surface area (Å²) >= 11 is 0. The normalized spacial score (nSPS) is 19.6. The molecule has 1 saturated carbocycles. The number of hydrogen-bond donors (Lipinski definition) is 2. The Morgan fingerprint density at radius 3 is 2.50 bits per heavy atom. The van der Waals surface area contributed by atoms with Crippen LogP contribution in [0.1, 0.15) is 69.6 Å². The van der Waals surface area contributed by atoms with Crippen LogP contribution in [-0.4, -0.2) is 45.2 Å². The molecule has 9 nitrogen and oxygen atoms in total. The van der Waals surface area contributed by atoms with Gasteiger partial charge in [-0.1, -0.05) is 32.6 Å². The van der Waals surface area contributed by atoms with E-state index in [1.165, 1.54) is 22.0 Å². The maximum Gasteiger partial charge on any atom is 0.325 e. The van der Waals surface area contributed by atoms with E-state index in [9.17, 15) is 23.2 Å². The Labute approximate surface area is 230 Å². The number of fused-ring (bicyclic) bond motifs is 1. The second-order valence-corrected chi connectivity index (χ2v) is 10.5. The fourth-order valence-corrected chi connectivity index (χ4v) is 5.33. The van der Waals surface area contributed by atoms with Crippen LogP contribution in [0.25, 0.3) is 17.5 Å². The molecule has 2 N–H and O–H groups in total. The highest BCUT2D eigenvalue weighted by Gasteiger charge is 2.48. The molecule has 3 aromatic rings. The average molecular weight is 553 g/mol. The summed E-state index contributed by atoms with van der Waals surface area (Å²) in [7, 11) is 1.64. The van der Waals surface area contributed by atoms with Gasteiger partial charge in [0.1, 0.15) is 0 Å². The predicted octanol–water partition coefficient (Wildman–Crippen LogP) is 4.13. The Morgan fingerprint density at radius 2 is 1.90 bits per heavy atom. The van der Waals surface area contributed by atoms with Crippen molar-refractivity contribution in [3.05, 3.63) is 80.1 Å². The smallest absolute Gasteiger partial charge is 0.313 e. The van der Waals surface area contributed by atoms with Gasteiger partial charge in [0.15, 0.2) is 5.49 Å². The van der Waals surface area contributed by atoms with Crippen molar-refractivity contribution in [3.8, 4) is 11.3 Å². The zero-order chi connectivity index (χ0) is 29.6. The lowest BCUT2D eigenvalue weighted by atomic mass is 9.85. The maximum absolute atomic E-state index is 14.0. The molecule has 1 aliphatic carbocycles. The largest absolute Gasteiger partial charge is 0.325 e. The van der Waals surface area contributed by atoms with Gasteiger partial charge in [-0.3, -0.25) is 19.6 Å². The Morgan fingerprint density at radius 1 is 1.20 bits per heavy atom. The molecule has 5 rings (SSSR count). The zero-order valence-electron chi connectivity index (χ0n) is 23.5. The molecule has 0 unspecified atom stereocenters. The number of benzene rings is 1. The van der Waals surface area contributed by atoms with E-state index in [1.807, 2.05) is 32.0 Å². The van der Waals surface area contributed by atoms with Crippen LogP contribution in [0.4, 0.5) is 14.5 Å². The van der Waals surface area contributed by atoms with Gasteiger partial charge in [0.05, 0.1) is 23.2 Å². The highest BCUT2D eigenvalue weighted by Crippen LogP contribution is 2.55. The van der Waals surface area contributed by atoms with E-state index >= 15 is 0 Å². The molecule has 212 valence electrons. The Balaban J connectivity index is 0.00000181. The number of carbonyl (C=O) groups is 1. The Hall–Kier alpha value is -4.15. The quantitative estimate of drug-likeness (QED) is 0.478. The molecular weight excluding hydrogens is 518 g/mol. The second-order valence-electron chi connectivity index (χ2n) is 10.5. The number of aromatic nitrogens is 4. The molecule has 11 heteroatoms. The zero-order valence-corrected chi connectivity index (χ0v) is 23.5. The summed E-state index contributed by atoms with van der Waals surface area (Å²) in [5.74, 6) is -3.32. The van der Waals surface area contributed by atoms with Crippen molar-refractivity contribution in [2.24, 2.45) is 4.99 Å². The number of aromatic amines is 2. The summed E-state index contributed by atoms with van der Waals surface area (Å²) in [6.07, 6.45) is 3.55. The third-order valence-electron chi connectivity index (χ3n) is 7.28. The van der Waals surface area contributed by atoms with Gasteiger partial charge in [0, 0.05) is 37.6 Å². The number of nitrogens with zero attached hydrogens (tertiary/aromatic N) is 4. The molecule has 2 aliphatic rings. The predicted molar refractivity (Wildman–Crippen MR) is 151 cm³/mol. The van der Waals surface area contributed by atoms with Gasteiger partial charge in [-0.15, -0.1) is 0 Å². The van der Waals surface area contributed by atoms with Crippen LogP contribution in [0, 0.1) is 0 Å². The van der Waals surface area contributed by atoms with E-state index in [-0.39, 0.29) is 23.3 Å². The van der Waals surface area contributed by atoms with Gasteiger partial charge < -0.3 is 9.88 Å². The van der Waals surface area contributed by atoms with Crippen LogP contribution in [0.2, 0.25) is 0 Å². The standard InChI is InChI=1S/C27H28F2N6O3.C2H6/c1-6-35-22(30-5)17(11-20(33-35)18-12-31-25(38)32-23(18)36)16-10-15(16)14-7-8-19-21(9-14)34(13-27(4,28)29)24(37)26(19,2)3;1-2/h6-9,11-12,15-16H,1,10,13H2,2-5H3,(H2,31,32,36,38);1-2H3/t15-,16+;/m1./s1. The van der Waals surface area contributed by atoms with Crippen molar-refractivity contribution in [1.29, 1.82) is 0 Å². The van der Waals surface area contributed by atoms with E-state index in [0.29, 0.717) is 16.9 Å². The van der Waals surface area contributed by atoms with Crippen LogP contribution in [0.5, 0.6) is 0 Å². The molecule has 0 bridgehead atoms. The van der Waals surface area contributed by atoms with Crippen molar-refractivity contribution in [2.75, 3.05) is 18.5 Å². The van der Waals surface area contributed by atoms with E-state index in [2.05, 4.69) is 26.6 Å². The fraction of sp³-hybridized carbons (Fsp3) is 0.414. The lowest BCUT2D eigenvalue weighted by Crippen LogP contribution is -2.42. The van der Waals surface area contributed by atoms with Crippen molar-refractivity contribution < 1.29 is 13.6 Å². The Kier molecular flexibility index (Phi) is 7.53. The molecule has 1 aromatic carbocycles. The summed E-state index contributed by atoms with van der Waals surface area (Å²) in [5.41, 5.74) is 2.02. The molecule has 2 aromatic heterocycles. The summed E-state index contributed by atoms with van der Waals surface area (Å²) in [5, 5.41) is 4.45. The number of nitrogens with one attached hydrogen (secondary N) is 2. The summed E-state index contributed by atoms with van der Waals surface area (Å²) in [6, 6.07) is 7.43. The molecule has 2 atom stereocenters. The lowest BCUT2D eigenvalue weighted by Gasteiger charge is -2.23. The molecule has 40 heavy (non-hydrogen) atoms.